The fourth-order valence-corrected chi connectivity index (χ4v) is 1.85. The lowest BCUT2D eigenvalue weighted by Crippen LogP contribution is -2.02. The molecule has 3 heteroatoms. The Bertz CT molecular complexity index is 526. The first kappa shape index (κ1) is 12.6. The number of hydrogen-bond acceptors (Lipinski definition) is 2. The van der Waals surface area contributed by atoms with Crippen molar-refractivity contribution in [2.24, 2.45) is 0 Å². The zero-order valence-electron chi connectivity index (χ0n) is 10.9. The third-order valence-corrected chi connectivity index (χ3v) is 2.89. The highest BCUT2D eigenvalue weighted by Gasteiger charge is 2.09. The van der Waals surface area contributed by atoms with Gasteiger partial charge in [0, 0.05) is 19.2 Å². The van der Waals surface area contributed by atoms with Crippen molar-refractivity contribution in [3.05, 3.63) is 53.3 Å². The molecule has 0 aliphatic rings. The molecule has 2 aromatic rings. The minimum atomic E-state index is 0.126. The summed E-state index contributed by atoms with van der Waals surface area (Å²) < 4.78 is 1.82. The van der Waals surface area contributed by atoms with E-state index >= 15 is 0 Å². The van der Waals surface area contributed by atoms with E-state index in [4.69, 9.17) is 0 Å². The van der Waals surface area contributed by atoms with Gasteiger partial charge in [-0.05, 0) is 18.9 Å². The standard InChI is InChI=1S/C15H18N2O/c1-3-8-17-11-14(10-16-17)15(18)9-13-6-4-12(2)5-7-13/h4-7,10-11H,3,8-9H2,1-2H3. The molecule has 2 rings (SSSR count). The molecule has 0 atom stereocenters. The number of carbonyl (C=O) groups excluding carboxylic acids is 1. The Hall–Kier alpha value is -1.90. The highest BCUT2D eigenvalue weighted by atomic mass is 16.1. The number of benzene rings is 1. The number of Topliss-reactive ketones (excluding diaryl/α,β-unsaturated/α-hetero) is 1. The summed E-state index contributed by atoms with van der Waals surface area (Å²) in [6, 6.07) is 8.07. The summed E-state index contributed by atoms with van der Waals surface area (Å²) in [6.07, 6.45) is 4.96. The molecule has 0 unspecified atom stereocenters. The molecule has 0 saturated carbocycles. The van der Waals surface area contributed by atoms with Crippen LogP contribution >= 0.6 is 0 Å². The number of nitrogens with zero attached hydrogens (tertiary/aromatic N) is 2. The van der Waals surface area contributed by atoms with Crippen LogP contribution in [0.4, 0.5) is 0 Å². The first-order valence-electron chi connectivity index (χ1n) is 6.30. The van der Waals surface area contributed by atoms with E-state index in [1.165, 1.54) is 5.56 Å². The van der Waals surface area contributed by atoms with Crippen molar-refractivity contribution in [1.82, 2.24) is 9.78 Å². The molecule has 0 aliphatic carbocycles. The van der Waals surface area contributed by atoms with E-state index in [0.717, 1.165) is 18.5 Å². The normalized spacial score (nSPS) is 10.6. The van der Waals surface area contributed by atoms with Gasteiger partial charge in [0.2, 0.25) is 0 Å². The van der Waals surface area contributed by atoms with Crippen molar-refractivity contribution in [2.75, 3.05) is 0 Å². The average Bonchev–Trinajstić information content (AvgIpc) is 2.81. The molecule has 0 N–H and O–H groups in total. The molecule has 0 saturated heterocycles. The number of aryl methyl sites for hydroxylation is 2. The summed E-state index contributed by atoms with van der Waals surface area (Å²) in [5.41, 5.74) is 2.96. The number of carbonyl (C=O) groups is 1. The minimum Gasteiger partial charge on any atom is -0.294 e. The van der Waals surface area contributed by atoms with Crippen LogP contribution in [-0.4, -0.2) is 15.6 Å². The first-order valence-corrected chi connectivity index (χ1v) is 6.30. The Balaban J connectivity index is 2.04. The van der Waals surface area contributed by atoms with Crippen molar-refractivity contribution in [1.29, 1.82) is 0 Å². The molecule has 0 fully saturated rings. The summed E-state index contributed by atoms with van der Waals surface area (Å²) in [6.45, 7) is 4.99. The van der Waals surface area contributed by atoms with Crippen LogP contribution in [0.1, 0.15) is 34.8 Å². The molecule has 1 aromatic heterocycles. The van der Waals surface area contributed by atoms with Gasteiger partial charge in [-0.25, -0.2) is 0 Å². The predicted molar refractivity (Wildman–Crippen MR) is 71.7 cm³/mol. The van der Waals surface area contributed by atoms with Gasteiger partial charge in [0.05, 0.1) is 11.8 Å². The van der Waals surface area contributed by atoms with Crippen LogP contribution in [0.3, 0.4) is 0 Å². The van der Waals surface area contributed by atoms with Crippen LogP contribution in [0.15, 0.2) is 36.7 Å². The van der Waals surface area contributed by atoms with Crippen molar-refractivity contribution in [3.63, 3.8) is 0 Å². The molecule has 0 amide bonds. The summed E-state index contributed by atoms with van der Waals surface area (Å²) in [5, 5.41) is 4.18. The molecule has 0 spiro atoms. The van der Waals surface area contributed by atoms with Crippen molar-refractivity contribution >= 4 is 5.78 Å². The molecular weight excluding hydrogens is 224 g/mol. The van der Waals surface area contributed by atoms with Crippen molar-refractivity contribution in [3.8, 4) is 0 Å². The van der Waals surface area contributed by atoms with Crippen LogP contribution < -0.4 is 0 Å². The van der Waals surface area contributed by atoms with Crippen LogP contribution in [-0.2, 0) is 13.0 Å². The van der Waals surface area contributed by atoms with E-state index in [1.54, 1.807) is 6.20 Å². The van der Waals surface area contributed by atoms with Crippen molar-refractivity contribution < 1.29 is 4.79 Å². The summed E-state index contributed by atoms with van der Waals surface area (Å²) in [5.74, 6) is 0.126. The maximum absolute atomic E-state index is 12.1. The Kier molecular flexibility index (Phi) is 3.92. The van der Waals surface area contributed by atoms with Crippen LogP contribution in [0.25, 0.3) is 0 Å². The largest absolute Gasteiger partial charge is 0.294 e. The van der Waals surface area contributed by atoms with Gasteiger partial charge in [-0.3, -0.25) is 9.48 Å². The molecule has 3 nitrogen and oxygen atoms in total. The van der Waals surface area contributed by atoms with Gasteiger partial charge >= 0.3 is 0 Å². The summed E-state index contributed by atoms with van der Waals surface area (Å²) >= 11 is 0. The zero-order chi connectivity index (χ0) is 13.0. The maximum atomic E-state index is 12.1. The molecular formula is C15H18N2O. The lowest BCUT2D eigenvalue weighted by molar-refractivity contribution is 0.0993. The van der Waals surface area contributed by atoms with E-state index in [-0.39, 0.29) is 5.78 Å². The quantitative estimate of drug-likeness (QED) is 0.755. The summed E-state index contributed by atoms with van der Waals surface area (Å²) in [4.78, 5) is 12.1. The van der Waals surface area contributed by atoms with E-state index in [2.05, 4.69) is 12.0 Å². The predicted octanol–water partition coefficient (Wildman–Crippen LogP) is 3.03. The first-order chi connectivity index (χ1) is 8.69. The molecule has 94 valence electrons. The maximum Gasteiger partial charge on any atom is 0.170 e. The zero-order valence-corrected chi connectivity index (χ0v) is 10.9. The van der Waals surface area contributed by atoms with Crippen LogP contribution in [0.2, 0.25) is 0 Å². The fraction of sp³-hybridized carbons (Fsp3) is 0.333. The second-order valence-corrected chi connectivity index (χ2v) is 4.58. The minimum absolute atomic E-state index is 0.126. The smallest absolute Gasteiger partial charge is 0.170 e. The van der Waals surface area contributed by atoms with E-state index in [1.807, 2.05) is 42.1 Å². The van der Waals surface area contributed by atoms with Gasteiger partial charge in [0.25, 0.3) is 0 Å². The van der Waals surface area contributed by atoms with Gasteiger partial charge in [0.1, 0.15) is 0 Å². The van der Waals surface area contributed by atoms with Gasteiger partial charge < -0.3 is 0 Å². The molecule has 0 aliphatic heterocycles. The SMILES string of the molecule is CCCn1cc(C(=O)Cc2ccc(C)cc2)cn1. The molecule has 1 aromatic carbocycles. The third kappa shape index (κ3) is 3.06. The lowest BCUT2D eigenvalue weighted by atomic mass is 10.0. The average molecular weight is 242 g/mol. The van der Waals surface area contributed by atoms with E-state index < -0.39 is 0 Å². The number of ketones is 1. The van der Waals surface area contributed by atoms with E-state index in [9.17, 15) is 4.79 Å². The van der Waals surface area contributed by atoms with Crippen LogP contribution in [0.5, 0.6) is 0 Å². The second-order valence-electron chi connectivity index (χ2n) is 4.58. The Labute approximate surface area is 107 Å². The second kappa shape index (κ2) is 5.63. The highest BCUT2D eigenvalue weighted by molar-refractivity contribution is 5.97. The third-order valence-electron chi connectivity index (χ3n) is 2.89. The number of hydrogen-bond donors (Lipinski definition) is 0. The molecule has 18 heavy (non-hydrogen) atoms. The fourth-order valence-electron chi connectivity index (χ4n) is 1.85. The Morgan fingerprint density at radius 2 is 2.00 bits per heavy atom. The molecule has 1 heterocycles. The van der Waals surface area contributed by atoms with Crippen molar-refractivity contribution in [2.45, 2.75) is 33.2 Å². The summed E-state index contributed by atoms with van der Waals surface area (Å²) in [7, 11) is 0. The van der Waals surface area contributed by atoms with Gasteiger partial charge in [-0.1, -0.05) is 36.8 Å². The number of rotatable bonds is 5. The lowest BCUT2D eigenvalue weighted by Gasteiger charge is -2.00. The Morgan fingerprint density at radius 3 is 2.67 bits per heavy atom. The van der Waals surface area contributed by atoms with Gasteiger partial charge in [-0.2, -0.15) is 5.10 Å². The Morgan fingerprint density at radius 1 is 1.28 bits per heavy atom. The highest BCUT2D eigenvalue weighted by Crippen LogP contribution is 2.08. The monoisotopic (exact) mass is 242 g/mol. The van der Waals surface area contributed by atoms with Gasteiger partial charge in [-0.15, -0.1) is 0 Å². The van der Waals surface area contributed by atoms with Crippen LogP contribution in [0, 0.1) is 6.92 Å². The topological polar surface area (TPSA) is 34.9 Å². The van der Waals surface area contributed by atoms with E-state index in [0.29, 0.717) is 12.0 Å². The molecule has 0 radical (unpaired) electrons. The van der Waals surface area contributed by atoms with Gasteiger partial charge in [0.15, 0.2) is 5.78 Å². The molecule has 0 bridgehead atoms. The number of aromatic nitrogens is 2.